The van der Waals surface area contributed by atoms with Crippen LogP contribution in [-0.4, -0.2) is 17.9 Å². The van der Waals surface area contributed by atoms with Crippen LogP contribution in [0.1, 0.15) is 18.9 Å². The highest BCUT2D eigenvalue weighted by Gasteiger charge is 2.21. The second-order valence-electron chi connectivity index (χ2n) is 4.19. The quantitative estimate of drug-likeness (QED) is 0.826. The lowest BCUT2D eigenvalue weighted by Gasteiger charge is -2.19. The maximum absolute atomic E-state index is 11.7. The van der Waals surface area contributed by atoms with Crippen molar-refractivity contribution in [3.05, 3.63) is 47.5 Å². The molecule has 0 aliphatic heterocycles. The van der Waals surface area contributed by atoms with E-state index in [9.17, 15) is 4.79 Å². The molecule has 2 atom stereocenters. The summed E-state index contributed by atoms with van der Waals surface area (Å²) in [5.41, 5.74) is 6.85. The maximum Gasteiger partial charge on any atom is 0.157 e. The number of allylic oxidation sites excluding steroid dienone is 1. The van der Waals surface area contributed by atoms with Gasteiger partial charge >= 0.3 is 0 Å². The molecule has 0 heterocycles. The third-order valence-corrected chi connectivity index (χ3v) is 2.73. The molecular weight excluding hydrogens is 250 g/mol. The van der Waals surface area contributed by atoms with Gasteiger partial charge in [-0.25, -0.2) is 0 Å². The van der Waals surface area contributed by atoms with Crippen LogP contribution in [0, 0.1) is 0 Å². The van der Waals surface area contributed by atoms with E-state index >= 15 is 0 Å². The van der Waals surface area contributed by atoms with Crippen molar-refractivity contribution in [1.29, 1.82) is 0 Å². The Morgan fingerprint density at radius 1 is 1.44 bits per heavy atom. The molecule has 0 spiro atoms. The lowest BCUT2D eigenvalue weighted by atomic mass is 10.1. The van der Waals surface area contributed by atoms with Gasteiger partial charge < -0.3 is 10.5 Å². The molecule has 1 aromatic rings. The molecule has 0 saturated carbocycles. The Balaban J connectivity index is 2.42. The first-order chi connectivity index (χ1) is 8.50. The number of carbonyl (C=O) groups excluding carboxylic acids is 1. The number of carbonyl (C=O) groups is 1. The van der Waals surface area contributed by atoms with Crippen LogP contribution < -0.4 is 5.73 Å². The summed E-state index contributed by atoms with van der Waals surface area (Å²) in [5, 5.41) is 0.297. The van der Waals surface area contributed by atoms with Gasteiger partial charge in [0.05, 0.1) is 18.8 Å². The molecular formula is C14H18ClNO2. The molecule has 3 nitrogen and oxygen atoms in total. The van der Waals surface area contributed by atoms with Crippen LogP contribution in [0.3, 0.4) is 0 Å². The molecule has 98 valence electrons. The van der Waals surface area contributed by atoms with Gasteiger partial charge in [-0.3, -0.25) is 4.79 Å². The zero-order valence-corrected chi connectivity index (χ0v) is 11.2. The van der Waals surface area contributed by atoms with Crippen molar-refractivity contribution in [1.82, 2.24) is 0 Å². The van der Waals surface area contributed by atoms with Gasteiger partial charge in [0.15, 0.2) is 5.78 Å². The minimum atomic E-state index is -0.677. The summed E-state index contributed by atoms with van der Waals surface area (Å²) in [7, 11) is 0. The van der Waals surface area contributed by atoms with Crippen molar-refractivity contribution >= 4 is 17.4 Å². The molecule has 1 rings (SSSR count). The van der Waals surface area contributed by atoms with Crippen LogP contribution in [0.2, 0.25) is 0 Å². The van der Waals surface area contributed by atoms with E-state index in [2.05, 4.69) is 6.58 Å². The van der Waals surface area contributed by atoms with Gasteiger partial charge in [0.1, 0.15) is 0 Å². The van der Waals surface area contributed by atoms with E-state index in [0.717, 1.165) is 5.56 Å². The summed E-state index contributed by atoms with van der Waals surface area (Å²) in [5.74, 6) is -0.157. The van der Waals surface area contributed by atoms with Crippen LogP contribution in [-0.2, 0) is 16.1 Å². The van der Waals surface area contributed by atoms with E-state index < -0.39 is 6.04 Å². The van der Waals surface area contributed by atoms with Gasteiger partial charge in [0.25, 0.3) is 0 Å². The van der Waals surface area contributed by atoms with Crippen molar-refractivity contribution < 1.29 is 9.53 Å². The molecule has 2 unspecified atom stereocenters. The van der Waals surface area contributed by atoms with E-state index in [-0.39, 0.29) is 18.3 Å². The molecule has 1 aromatic carbocycles. The van der Waals surface area contributed by atoms with E-state index in [1.165, 1.54) is 0 Å². The highest BCUT2D eigenvalue weighted by Crippen LogP contribution is 2.10. The first kappa shape index (κ1) is 14.9. The average molecular weight is 268 g/mol. The topological polar surface area (TPSA) is 52.3 Å². The maximum atomic E-state index is 11.7. The second-order valence-corrected chi connectivity index (χ2v) is 4.72. The predicted molar refractivity (Wildman–Crippen MR) is 73.3 cm³/mol. The molecule has 0 aliphatic rings. The molecule has 0 amide bonds. The summed E-state index contributed by atoms with van der Waals surface area (Å²) >= 11 is 5.58. The Morgan fingerprint density at radius 2 is 2.06 bits per heavy atom. The zero-order chi connectivity index (χ0) is 13.5. The predicted octanol–water partition coefficient (Wildman–Crippen LogP) is 2.63. The van der Waals surface area contributed by atoms with Gasteiger partial charge in [-0.1, -0.05) is 48.5 Å². The molecule has 0 aromatic heterocycles. The van der Waals surface area contributed by atoms with Crippen LogP contribution in [0.4, 0.5) is 0 Å². The number of ketones is 1. The Labute approximate surface area is 113 Å². The minimum absolute atomic E-state index is 0.0851. The monoisotopic (exact) mass is 267 g/mol. The van der Waals surface area contributed by atoms with Gasteiger partial charge in [0.2, 0.25) is 0 Å². The Hall–Kier alpha value is -1.16. The van der Waals surface area contributed by atoms with Crippen LogP contribution in [0.25, 0.3) is 0 Å². The molecule has 0 radical (unpaired) electrons. The van der Waals surface area contributed by atoms with Gasteiger partial charge in [0, 0.05) is 11.5 Å². The lowest BCUT2D eigenvalue weighted by Crippen LogP contribution is -2.41. The normalized spacial score (nSPS) is 13.9. The van der Waals surface area contributed by atoms with Crippen molar-refractivity contribution in [3.63, 3.8) is 0 Å². The number of ether oxygens (including phenoxy) is 1. The fraction of sp³-hybridized carbons (Fsp3) is 0.357. The zero-order valence-electron chi connectivity index (χ0n) is 10.4. The number of nitrogens with two attached hydrogens (primary N) is 1. The van der Waals surface area contributed by atoms with E-state index in [1.54, 1.807) is 6.92 Å². The molecule has 0 bridgehead atoms. The molecule has 0 fully saturated rings. The van der Waals surface area contributed by atoms with Crippen molar-refractivity contribution in [2.75, 3.05) is 0 Å². The highest BCUT2D eigenvalue weighted by molar-refractivity contribution is 6.30. The first-order valence-corrected chi connectivity index (χ1v) is 6.15. The average Bonchev–Trinajstić information content (AvgIpc) is 2.35. The molecule has 2 N–H and O–H groups in total. The Bertz CT molecular complexity index is 406. The summed E-state index contributed by atoms with van der Waals surface area (Å²) in [6.45, 7) is 5.69. The number of Topliss-reactive ketones (excluding diaryl/α,β-unsaturated/α-hetero) is 1. The molecule has 0 aliphatic carbocycles. The summed E-state index contributed by atoms with van der Waals surface area (Å²) in [4.78, 5) is 11.7. The third kappa shape index (κ3) is 5.00. The largest absolute Gasteiger partial charge is 0.372 e. The van der Waals surface area contributed by atoms with Gasteiger partial charge in [-0.05, 0) is 12.5 Å². The number of rotatable bonds is 7. The minimum Gasteiger partial charge on any atom is -0.372 e. The number of halogens is 1. The summed E-state index contributed by atoms with van der Waals surface area (Å²) < 4.78 is 5.57. The van der Waals surface area contributed by atoms with Crippen molar-refractivity contribution in [3.8, 4) is 0 Å². The van der Waals surface area contributed by atoms with Crippen molar-refractivity contribution in [2.45, 2.75) is 32.1 Å². The number of hydrogen-bond acceptors (Lipinski definition) is 3. The van der Waals surface area contributed by atoms with E-state index in [1.807, 2.05) is 30.3 Å². The smallest absolute Gasteiger partial charge is 0.157 e. The fourth-order valence-corrected chi connectivity index (χ4v) is 1.61. The van der Waals surface area contributed by atoms with Gasteiger partial charge in [-0.2, -0.15) is 0 Å². The fourth-order valence-electron chi connectivity index (χ4n) is 1.47. The SMILES string of the molecule is C=C(Cl)CC(=O)C(N)C(C)OCc1ccccc1. The molecule has 4 heteroatoms. The lowest BCUT2D eigenvalue weighted by molar-refractivity contribution is -0.123. The van der Waals surface area contributed by atoms with Crippen LogP contribution >= 0.6 is 11.6 Å². The van der Waals surface area contributed by atoms with Gasteiger partial charge in [-0.15, -0.1) is 0 Å². The molecule has 18 heavy (non-hydrogen) atoms. The first-order valence-electron chi connectivity index (χ1n) is 5.78. The summed E-state index contributed by atoms with van der Waals surface area (Å²) in [6, 6.07) is 9.05. The highest BCUT2D eigenvalue weighted by atomic mass is 35.5. The standard InChI is InChI=1S/C14H18ClNO2/c1-10(15)8-13(17)14(16)11(2)18-9-12-6-4-3-5-7-12/h3-7,11,14H,1,8-9,16H2,2H3. The third-order valence-electron chi connectivity index (χ3n) is 2.60. The Kier molecular flexibility index (Phi) is 6.05. The van der Waals surface area contributed by atoms with E-state index in [4.69, 9.17) is 22.1 Å². The van der Waals surface area contributed by atoms with Crippen LogP contribution in [0.5, 0.6) is 0 Å². The number of hydrogen-bond donors (Lipinski definition) is 1. The Morgan fingerprint density at radius 3 is 2.61 bits per heavy atom. The second kappa shape index (κ2) is 7.31. The van der Waals surface area contributed by atoms with E-state index in [0.29, 0.717) is 11.6 Å². The number of benzene rings is 1. The summed E-state index contributed by atoms with van der Waals surface area (Å²) in [6.07, 6.45) is -0.268. The van der Waals surface area contributed by atoms with Crippen molar-refractivity contribution in [2.24, 2.45) is 5.73 Å². The van der Waals surface area contributed by atoms with Crippen LogP contribution in [0.15, 0.2) is 41.9 Å². The molecule has 0 saturated heterocycles.